The lowest BCUT2D eigenvalue weighted by Gasteiger charge is -2.36. The van der Waals surface area contributed by atoms with Gasteiger partial charge in [0.25, 0.3) is 5.91 Å². The number of carbonyl (C=O) groups excluding carboxylic acids is 1. The molecule has 0 aliphatic carbocycles. The summed E-state index contributed by atoms with van der Waals surface area (Å²) in [7, 11) is 0. The van der Waals surface area contributed by atoms with Gasteiger partial charge in [-0.2, -0.15) is 18.3 Å². The number of aromatic nitrogens is 5. The zero-order chi connectivity index (χ0) is 23.7. The van der Waals surface area contributed by atoms with Gasteiger partial charge in [-0.1, -0.05) is 18.2 Å². The molecule has 7 nitrogen and oxygen atoms in total. The maximum absolute atomic E-state index is 13.6. The molecule has 4 aromatic rings. The first-order chi connectivity index (χ1) is 16.4. The van der Waals surface area contributed by atoms with E-state index in [2.05, 4.69) is 20.4 Å². The number of nitrogens with zero attached hydrogens (tertiary/aromatic N) is 5. The highest BCUT2D eigenvalue weighted by atomic mass is 19.4. The molecular weight excluding hydrogens is 445 g/mol. The first kappa shape index (κ1) is 21.9. The molecule has 10 heteroatoms. The number of alkyl halides is 3. The Labute approximate surface area is 193 Å². The molecular formula is C24H21F3N6O. The average molecular weight is 466 g/mol. The summed E-state index contributed by atoms with van der Waals surface area (Å²) in [5.41, 5.74) is 2.64. The summed E-state index contributed by atoms with van der Waals surface area (Å²) in [4.78, 5) is 15.4. The second kappa shape index (κ2) is 8.77. The molecule has 3 heterocycles. The summed E-state index contributed by atoms with van der Waals surface area (Å²) in [5.74, 6) is -0.118. The summed E-state index contributed by atoms with van der Waals surface area (Å²) in [6.45, 7) is 0.575. The van der Waals surface area contributed by atoms with E-state index < -0.39 is 11.7 Å². The lowest BCUT2D eigenvalue weighted by molar-refractivity contribution is -0.137. The van der Waals surface area contributed by atoms with Crippen LogP contribution in [0.4, 0.5) is 13.2 Å². The van der Waals surface area contributed by atoms with Gasteiger partial charge in [-0.25, -0.2) is 0 Å². The van der Waals surface area contributed by atoms with Gasteiger partial charge in [0.2, 0.25) is 0 Å². The van der Waals surface area contributed by atoms with Gasteiger partial charge in [0.1, 0.15) is 12.7 Å². The minimum Gasteiger partial charge on any atom is -0.330 e. The lowest BCUT2D eigenvalue weighted by atomic mass is 9.93. The number of rotatable bonds is 4. The molecule has 0 bridgehead atoms. The molecule has 5 rings (SSSR count). The van der Waals surface area contributed by atoms with Crippen molar-refractivity contribution in [2.45, 2.75) is 31.5 Å². The van der Waals surface area contributed by atoms with Gasteiger partial charge in [0.15, 0.2) is 0 Å². The number of H-pyrrole nitrogens is 1. The minimum atomic E-state index is -4.40. The SMILES string of the molecule is O=C(c1cccc(-n2cnnc2)c1)N1CCCC[C@@H]1c1[nH]ncc1-c1ccc(C(F)(F)F)cc1. The number of benzene rings is 2. The summed E-state index contributed by atoms with van der Waals surface area (Å²) in [5, 5.41) is 14.8. The normalized spacial score (nSPS) is 16.6. The second-order valence-electron chi connectivity index (χ2n) is 8.20. The molecule has 1 amide bonds. The molecule has 2 aromatic carbocycles. The maximum atomic E-state index is 13.6. The molecule has 2 aromatic heterocycles. The van der Waals surface area contributed by atoms with E-state index in [1.807, 2.05) is 17.0 Å². The molecule has 0 spiro atoms. The highest BCUT2D eigenvalue weighted by Gasteiger charge is 2.33. The van der Waals surface area contributed by atoms with Gasteiger partial charge in [0, 0.05) is 23.4 Å². The fourth-order valence-electron chi connectivity index (χ4n) is 4.39. The minimum absolute atomic E-state index is 0.118. The van der Waals surface area contributed by atoms with Crippen LogP contribution in [0, 0.1) is 0 Å². The Morgan fingerprint density at radius 2 is 1.79 bits per heavy atom. The molecule has 0 radical (unpaired) electrons. The lowest BCUT2D eigenvalue weighted by Crippen LogP contribution is -2.39. The maximum Gasteiger partial charge on any atom is 0.416 e. The molecule has 1 fully saturated rings. The van der Waals surface area contributed by atoms with Crippen LogP contribution in [0.5, 0.6) is 0 Å². The Kier molecular flexibility index (Phi) is 5.64. The molecule has 1 N–H and O–H groups in total. The number of carbonyl (C=O) groups is 1. The Bertz CT molecular complexity index is 1280. The molecule has 0 saturated carbocycles. The quantitative estimate of drug-likeness (QED) is 0.457. The van der Waals surface area contributed by atoms with Crippen molar-refractivity contribution < 1.29 is 18.0 Å². The Morgan fingerprint density at radius 1 is 1.03 bits per heavy atom. The Hall–Kier alpha value is -3.95. The monoisotopic (exact) mass is 466 g/mol. The van der Waals surface area contributed by atoms with Crippen molar-refractivity contribution in [1.82, 2.24) is 29.9 Å². The summed E-state index contributed by atoms with van der Waals surface area (Å²) >= 11 is 0. The van der Waals surface area contributed by atoms with Gasteiger partial charge in [-0.3, -0.25) is 14.5 Å². The van der Waals surface area contributed by atoms with E-state index in [4.69, 9.17) is 0 Å². The fraction of sp³-hybridized carbons (Fsp3) is 0.250. The molecule has 34 heavy (non-hydrogen) atoms. The number of hydrogen-bond donors (Lipinski definition) is 1. The molecule has 1 saturated heterocycles. The largest absolute Gasteiger partial charge is 0.416 e. The summed E-state index contributed by atoms with van der Waals surface area (Å²) in [6, 6.07) is 12.0. The van der Waals surface area contributed by atoms with Crippen molar-refractivity contribution in [3.63, 3.8) is 0 Å². The van der Waals surface area contributed by atoms with E-state index in [9.17, 15) is 18.0 Å². The van der Waals surface area contributed by atoms with Crippen molar-refractivity contribution in [3.8, 4) is 16.8 Å². The van der Waals surface area contributed by atoms with E-state index >= 15 is 0 Å². The first-order valence-electron chi connectivity index (χ1n) is 10.9. The molecule has 1 atom stereocenters. The smallest absolute Gasteiger partial charge is 0.330 e. The van der Waals surface area contributed by atoms with Gasteiger partial charge in [-0.15, -0.1) is 10.2 Å². The highest BCUT2D eigenvalue weighted by molar-refractivity contribution is 5.95. The van der Waals surface area contributed by atoms with Crippen LogP contribution in [0.25, 0.3) is 16.8 Å². The number of nitrogens with one attached hydrogen (secondary N) is 1. The number of aromatic amines is 1. The van der Waals surface area contributed by atoms with Crippen LogP contribution in [-0.2, 0) is 6.18 Å². The van der Waals surface area contributed by atoms with Crippen LogP contribution >= 0.6 is 0 Å². The third kappa shape index (κ3) is 4.18. The number of likely N-dealkylation sites (tertiary alicyclic amines) is 1. The average Bonchev–Trinajstić information content (AvgIpc) is 3.56. The predicted molar refractivity (Wildman–Crippen MR) is 118 cm³/mol. The van der Waals surface area contributed by atoms with Crippen LogP contribution in [-0.4, -0.2) is 42.3 Å². The van der Waals surface area contributed by atoms with E-state index in [1.165, 1.54) is 12.1 Å². The zero-order valence-corrected chi connectivity index (χ0v) is 18.0. The Balaban J connectivity index is 1.45. The van der Waals surface area contributed by atoms with E-state index in [1.54, 1.807) is 35.6 Å². The van der Waals surface area contributed by atoms with Crippen molar-refractivity contribution in [2.24, 2.45) is 0 Å². The van der Waals surface area contributed by atoms with Gasteiger partial charge >= 0.3 is 6.18 Å². The van der Waals surface area contributed by atoms with Gasteiger partial charge in [-0.05, 0) is 55.2 Å². The second-order valence-corrected chi connectivity index (χ2v) is 8.20. The third-order valence-corrected chi connectivity index (χ3v) is 6.10. The van der Waals surface area contributed by atoms with Gasteiger partial charge < -0.3 is 4.90 Å². The first-order valence-corrected chi connectivity index (χ1v) is 10.9. The number of piperidine rings is 1. The van der Waals surface area contributed by atoms with Crippen molar-refractivity contribution in [2.75, 3.05) is 6.54 Å². The molecule has 0 unspecified atom stereocenters. The Morgan fingerprint density at radius 3 is 2.53 bits per heavy atom. The predicted octanol–water partition coefficient (Wildman–Crippen LogP) is 5.04. The van der Waals surface area contributed by atoms with Crippen LogP contribution < -0.4 is 0 Å². The van der Waals surface area contributed by atoms with Crippen molar-refractivity contribution in [3.05, 3.63) is 84.2 Å². The fourth-order valence-corrected chi connectivity index (χ4v) is 4.39. The van der Waals surface area contributed by atoms with Crippen molar-refractivity contribution >= 4 is 5.91 Å². The number of halogens is 3. The number of amides is 1. The standard InChI is InChI=1S/C24H21F3N6O/c25-24(26,27)18-9-7-16(8-10-18)20-13-28-31-22(20)21-6-1-2-11-33(21)23(34)17-4-3-5-19(12-17)32-14-29-30-15-32/h3-5,7-10,12-15,21H,1-2,6,11H2,(H,28,31)/t21-/m1/s1. The van der Waals surface area contributed by atoms with Gasteiger partial charge in [0.05, 0.1) is 23.5 Å². The van der Waals surface area contributed by atoms with E-state index in [0.29, 0.717) is 23.2 Å². The van der Waals surface area contributed by atoms with Crippen molar-refractivity contribution in [1.29, 1.82) is 0 Å². The number of hydrogen-bond acceptors (Lipinski definition) is 4. The third-order valence-electron chi connectivity index (χ3n) is 6.10. The zero-order valence-electron chi connectivity index (χ0n) is 18.0. The van der Waals surface area contributed by atoms with Crippen LogP contribution in [0.3, 0.4) is 0 Å². The van der Waals surface area contributed by atoms with E-state index in [0.717, 1.165) is 42.8 Å². The van der Waals surface area contributed by atoms with Crippen LogP contribution in [0.15, 0.2) is 67.4 Å². The molecule has 1 aliphatic rings. The molecule has 174 valence electrons. The van der Waals surface area contributed by atoms with Crippen LogP contribution in [0.1, 0.15) is 46.9 Å². The topological polar surface area (TPSA) is 79.7 Å². The summed E-state index contributed by atoms with van der Waals surface area (Å²) in [6.07, 6.45) is 2.86. The van der Waals surface area contributed by atoms with Crippen LogP contribution in [0.2, 0.25) is 0 Å². The van der Waals surface area contributed by atoms with E-state index in [-0.39, 0.29) is 11.9 Å². The highest BCUT2D eigenvalue weighted by Crippen LogP contribution is 2.37. The molecule has 1 aliphatic heterocycles. The summed E-state index contributed by atoms with van der Waals surface area (Å²) < 4.78 is 40.7.